The first-order chi connectivity index (χ1) is 10.7. The van der Waals surface area contributed by atoms with Crippen LogP contribution < -0.4 is 5.32 Å². The Labute approximate surface area is 130 Å². The Bertz CT molecular complexity index is 723. The van der Waals surface area contributed by atoms with Crippen molar-refractivity contribution in [2.24, 2.45) is 0 Å². The van der Waals surface area contributed by atoms with Gasteiger partial charge in [-0.1, -0.05) is 6.07 Å². The summed E-state index contributed by atoms with van der Waals surface area (Å²) in [6.45, 7) is 3.28. The summed E-state index contributed by atoms with van der Waals surface area (Å²) in [5.41, 5.74) is -2.76. The van der Waals surface area contributed by atoms with Crippen molar-refractivity contribution in [3.05, 3.63) is 47.0 Å². The summed E-state index contributed by atoms with van der Waals surface area (Å²) in [6.07, 6.45) is 0. The maximum atomic E-state index is 14.0. The fourth-order valence-corrected chi connectivity index (χ4v) is 2.21. The van der Waals surface area contributed by atoms with E-state index in [0.717, 1.165) is 39.0 Å². The first-order valence-electron chi connectivity index (χ1n) is 6.55. The third-order valence-corrected chi connectivity index (χ3v) is 3.13. The number of ether oxygens (including phenoxy) is 2. The van der Waals surface area contributed by atoms with Gasteiger partial charge < -0.3 is 9.47 Å². The smallest absolute Gasteiger partial charge is 0.308 e. The molecule has 1 N–H and O–H groups in total. The van der Waals surface area contributed by atoms with Crippen molar-refractivity contribution in [2.75, 3.05) is 0 Å². The molecule has 122 valence electrons. The van der Waals surface area contributed by atoms with Crippen molar-refractivity contribution in [3.63, 3.8) is 0 Å². The molecule has 1 amide bonds. The molecule has 0 spiro atoms. The molecular formula is C15H13F2NO5. The Hall–Kier alpha value is -2.77. The Balaban J connectivity index is 2.54. The van der Waals surface area contributed by atoms with E-state index in [1.54, 1.807) is 0 Å². The summed E-state index contributed by atoms with van der Waals surface area (Å²) in [6, 6.07) is 3.05. The van der Waals surface area contributed by atoms with Gasteiger partial charge in [0.05, 0.1) is 5.56 Å². The van der Waals surface area contributed by atoms with Gasteiger partial charge in [0, 0.05) is 13.8 Å². The summed E-state index contributed by atoms with van der Waals surface area (Å²) in [5.74, 6) is -5.55. The number of halogens is 2. The van der Waals surface area contributed by atoms with Crippen LogP contribution in [0.4, 0.5) is 8.78 Å². The van der Waals surface area contributed by atoms with Crippen LogP contribution in [-0.2, 0) is 29.5 Å². The van der Waals surface area contributed by atoms with E-state index in [4.69, 9.17) is 9.47 Å². The zero-order chi connectivity index (χ0) is 17.4. The van der Waals surface area contributed by atoms with Gasteiger partial charge >= 0.3 is 5.97 Å². The SMILES string of the molecule is CC(=O)NC1=C(OC(C)=O)C(=O)C(C)(c2c(F)cccc2F)O1. The summed E-state index contributed by atoms with van der Waals surface area (Å²) in [5, 5.41) is 2.17. The van der Waals surface area contributed by atoms with E-state index < -0.39 is 52.1 Å². The average Bonchev–Trinajstić information content (AvgIpc) is 2.62. The molecule has 1 heterocycles. The Kier molecular flexibility index (Phi) is 4.18. The van der Waals surface area contributed by atoms with Gasteiger partial charge in [-0.3, -0.25) is 19.7 Å². The van der Waals surface area contributed by atoms with Gasteiger partial charge in [-0.25, -0.2) is 8.78 Å². The molecule has 1 aromatic carbocycles. The zero-order valence-corrected chi connectivity index (χ0v) is 12.5. The number of carbonyl (C=O) groups excluding carboxylic acids is 3. The van der Waals surface area contributed by atoms with Crippen LogP contribution in [-0.4, -0.2) is 17.7 Å². The zero-order valence-electron chi connectivity index (χ0n) is 12.5. The predicted octanol–water partition coefficient (Wildman–Crippen LogP) is 1.65. The monoisotopic (exact) mass is 325 g/mol. The summed E-state index contributed by atoms with van der Waals surface area (Å²) in [7, 11) is 0. The molecule has 1 aromatic rings. The highest BCUT2D eigenvalue weighted by molar-refractivity contribution is 6.04. The van der Waals surface area contributed by atoms with Crippen molar-refractivity contribution < 1.29 is 32.6 Å². The molecule has 1 atom stereocenters. The van der Waals surface area contributed by atoms with Gasteiger partial charge in [-0.15, -0.1) is 0 Å². The molecular weight excluding hydrogens is 312 g/mol. The number of hydrogen-bond acceptors (Lipinski definition) is 5. The molecule has 2 rings (SSSR count). The Morgan fingerprint density at radius 2 is 1.78 bits per heavy atom. The third-order valence-electron chi connectivity index (χ3n) is 3.13. The number of hydrogen-bond donors (Lipinski definition) is 1. The van der Waals surface area contributed by atoms with Gasteiger partial charge in [0.25, 0.3) is 5.78 Å². The first-order valence-corrected chi connectivity index (χ1v) is 6.55. The molecule has 0 fully saturated rings. The van der Waals surface area contributed by atoms with Crippen LogP contribution in [0, 0.1) is 11.6 Å². The molecule has 0 aliphatic carbocycles. The van der Waals surface area contributed by atoms with Gasteiger partial charge in [0.1, 0.15) is 11.6 Å². The van der Waals surface area contributed by atoms with Crippen LogP contribution in [0.15, 0.2) is 29.8 Å². The molecule has 6 nitrogen and oxygen atoms in total. The molecule has 1 unspecified atom stereocenters. The number of amides is 1. The third kappa shape index (κ3) is 2.92. The van der Waals surface area contributed by atoms with Crippen molar-refractivity contribution in [1.82, 2.24) is 5.32 Å². The van der Waals surface area contributed by atoms with E-state index in [-0.39, 0.29) is 0 Å². The number of ketones is 1. The number of Topliss-reactive ketones (excluding diaryl/α,β-unsaturated/α-hetero) is 1. The predicted molar refractivity (Wildman–Crippen MR) is 72.4 cm³/mol. The van der Waals surface area contributed by atoms with Gasteiger partial charge in [0.15, 0.2) is 0 Å². The van der Waals surface area contributed by atoms with E-state index in [1.165, 1.54) is 0 Å². The maximum Gasteiger partial charge on any atom is 0.308 e. The minimum atomic E-state index is -2.11. The normalized spacial score (nSPS) is 20.3. The lowest BCUT2D eigenvalue weighted by Gasteiger charge is -2.24. The molecule has 1 aliphatic rings. The van der Waals surface area contributed by atoms with Crippen molar-refractivity contribution in [3.8, 4) is 0 Å². The average molecular weight is 325 g/mol. The fourth-order valence-electron chi connectivity index (χ4n) is 2.21. The van der Waals surface area contributed by atoms with E-state index in [0.29, 0.717) is 0 Å². The minimum Gasteiger partial charge on any atom is -0.456 e. The summed E-state index contributed by atoms with van der Waals surface area (Å²) < 4.78 is 38.0. The number of nitrogens with one attached hydrogen (secondary N) is 1. The van der Waals surface area contributed by atoms with Crippen molar-refractivity contribution >= 4 is 17.7 Å². The number of rotatable bonds is 3. The van der Waals surface area contributed by atoms with E-state index in [2.05, 4.69) is 5.32 Å². The van der Waals surface area contributed by atoms with E-state index >= 15 is 0 Å². The molecule has 0 saturated heterocycles. The van der Waals surface area contributed by atoms with Crippen LogP contribution in [0.1, 0.15) is 26.3 Å². The second kappa shape index (κ2) is 5.79. The number of carbonyl (C=O) groups is 3. The van der Waals surface area contributed by atoms with Gasteiger partial charge in [-0.2, -0.15) is 0 Å². The maximum absolute atomic E-state index is 14.0. The lowest BCUT2D eigenvalue weighted by molar-refractivity contribution is -0.142. The van der Waals surface area contributed by atoms with Crippen molar-refractivity contribution in [1.29, 1.82) is 0 Å². The highest BCUT2D eigenvalue weighted by atomic mass is 19.1. The summed E-state index contributed by atoms with van der Waals surface area (Å²) in [4.78, 5) is 34.8. The van der Waals surface area contributed by atoms with Gasteiger partial charge in [0.2, 0.25) is 23.2 Å². The largest absolute Gasteiger partial charge is 0.456 e. The number of esters is 1. The molecule has 1 aliphatic heterocycles. The molecule has 0 aromatic heterocycles. The quantitative estimate of drug-likeness (QED) is 0.855. The second-order valence-electron chi connectivity index (χ2n) is 4.99. The first kappa shape index (κ1) is 16.6. The van der Waals surface area contributed by atoms with Crippen LogP contribution in [0.3, 0.4) is 0 Å². The standard InChI is InChI=1S/C15H13F2NO5/c1-7(19)18-14-12(22-8(2)20)13(21)15(3,23-14)11-9(16)5-4-6-10(11)17/h4-6H,1-3H3,(H,18,19). The van der Waals surface area contributed by atoms with Crippen LogP contribution in [0.25, 0.3) is 0 Å². The van der Waals surface area contributed by atoms with Crippen LogP contribution in [0.2, 0.25) is 0 Å². The highest BCUT2D eigenvalue weighted by Gasteiger charge is 2.52. The lowest BCUT2D eigenvalue weighted by atomic mass is 9.90. The van der Waals surface area contributed by atoms with Gasteiger partial charge in [-0.05, 0) is 19.1 Å². The lowest BCUT2D eigenvalue weighted by Crippen LogP contribution is -2.34. The molecule has 0 saturated carbocycles. The fraction of sp³-hybridized carbons (Fsp3) is 0.267. The molecule has 23 heavy (non-hydrogen) atoms. The topological polar surface area (TPSA) is 81.7 Å². The number of benzene rings is 1. The molecule has 0 radical (unpaired) electrons. The highest BCUT2D eigenvalue weighted by Crippen LogP contribution is 2.40. The molecule has 0 bridgehead atoms. The Morgan fingerprint density at radius 3 is 2.26 bits per heavy atom. The minimum absolute atomic E-state index is 0.470. The Morgan fingerprint density at radius 1 is 1.22 bits per heavy atom. The van der Waals surface area contributed by atoms with E-state index in [1.807, 2.05) is 0 Å². The molecule has 8 heteroatoms. The second-order valence-corrected chi connectivity index (χ2v) is 4.99. The van der Waals surface area contributed by atoms with Crippen LogP contribution >= 0.6 is 0 Å². The van der Waals surface area contributed by atoms with Crippen LogP contribution in [0.5, 0.6) is 0 Å². The van der Waals surface area contributed by atoms with Crippen molar-refractivity contribution in [2.45, 2.75) is 26.4 Å². The summed E-state index contributed by atoms with van der Waals surface area (Å²) >= 11 is 0. The van der Waals surface area contributed by atoms with E-state index in [9.17, 15) is 23.2 Å².